The van der Waals surface area contributed by atoms with Crippen molar-refractivity contribution in [2.24, 2.45) is 0 Å². The molecular formula is C19H24N2O2. The van der Waals surface area contributed by atoms with Gasteiger partial charge in [0, 0.05) is 11.4 Å². The molecule has 0 aliphatic rings. The van der Waals surface area contributed by atoms with Crippen LogP contribution in [0.25, 0.3) is 0 Å². The van der Waals surface area contributed by atoms with E-state index < -0.39 is 6.10 Å². The maximum atomic E-state index is 12.2. The van der Waals surface area contributed by atoms with E-state index in [1.807, 2.05) is 24.3 Å². The van der Waals surface area contributed by atoms with Crippen LogP contribution in [0.1, 0.15) is 33.3 Å². The number of hydrogen-bond acceptors (Lipinski definition) is 3. The number of benzene rings is 2. The Balaban J connectivity index is 1.98. The molecule has 2 aromatic rings. The number of nitrogens with one attached hydrogen (secondary N) is 1. The number of anilines is 2. The van der Waals surface area contributed by atoms with Crippen LogP contribution in [-0.4, -0.2) is 12.0 Å². The van der Waals surface area contributed by atoms with E-state index in [1.54, 1.807) is 31.2 Å². The summed E-state index contributed by atoms with van der Waals surface area (Å²) in [6, 6.07) is 14.9. The van der Waals surface area contributed by atoms with Gasteiger partial charge in [-0.15, -0.1) is 0 Å². The number of hydrogen-bond donors (Lipinski definition) is 2. The van der Waals surface area contributed by atoms with Crippen LogP contribution in [0.15, 0.2) is 48.5 Å². The molecule has 0 heterocycles. The summed E-state index contributed by atoms with van der Waals surface area (Å²) < 4.78 is 5.70. The summed E-state index contributed by atoms with van der Waals surface area (Å²) in [5.74, 6) is 0.462. The van der Waals surface area contributed by atoms with Gasteiger partial charge < -0.3 is 15.8 Å². The summed E-state index contributed by atoms with van der Waals surface area (Å²) in [5, 5.41) is 2.79. The molecule has 1 atom stereocenters. The number of nitrogen functional groups attached to an aromatic ring is 1. The van der Waals surface area contributed by atoms with Crippen LogP contribution in [0.2, 0.25) is 0 Å². The first kappa shape index (κ1) is 16.9. The van der Waals surface area contributed by atoms with E-state index in [4.69, 9.17) is 10.5 Å². The maximum Gasteiger partial charge on any atom is 0.265 e. The Labute approximate surface area is 137 Å². The van der Waals surface area contributed by atoms with Crippen molar-refractivity contribution < 1.29 is 9.53 Å². The molecule has 0 aliphatic heterocycles. The van der Waals surface area contributed by atoms with Crippen molar-refractivity contribution >= 4 is 17.3 Å². The van der Waals surface area contributed by atoms with Gasteiger partial charge >= 0.3 is 0 Å². The van der Waals surface area contributed by atoms with Crippen LogP contribution < -0.4 is 15.8 Å². The smallest absolute Gasteiger partial charge is 0.265 e. The van der Waals surface area contributed by atoms with Gasteiger partial charge in [-0.1, -0.05) is 39.0 Å². The minimum absolute atomic E-state index is 0.0920. The van der Waals surface area contributed by atoms with Crippen LogP contribution in [0, 0.1) is 0 Å². The highest BCUT2D eigenvalue weighted by Gasteiger charge is 2.16. The normalized spacial score (nSPS) is 12.5. The Hall–Kier alpha value is -2.49. The van der Waals surface area contributed by atoms with Crippen molar-refractivity contribution in [3.8, 4) is 5.75 Å². The number of carbonyl (C=O) groups is 1. The van der Waals surface area contributed by atoms with Crippen LogP contribution in [0.3, 0.4) is 0 Å². The number of nitrogens with two attached hydrogens (primary N) is 1. The molecule has 3 N–H and O–H groups in total. The fourth-order valence-corrected chi connectivity index (χ4v) is 2.15. The lowest BCUT2D eigenvalue weighted by Crippen LogP contribution is -2.30. The summed E-state index contributed by atoms with van der Waals surface area (Å²) >= 11 is 0. The van der Waals surface area contributed by atoms with Gasteiger partial charge in [-0.25, -0.2) is 0 Å². The summed E-state index contributed by atoms with van der Waals surface area (Å²) in [5.41, 5.74) is 8.28. The van der Waals surface area contributed by atoms with Crippen LogP contribution in [-0.2, 0) is 10.2 Å². The third kappa shape index (κ3) is 4.74. The molecule has 1 unspecified atom stereocenters. The summed E-state index contributed by atoms with van der Waals surface area (Å²) in [6.07, 6.45) is -0.600. The SMILES string of the molecule is CC(Oc1ccc(C(C)(C)C)cc1)C(=O)Nc1cccc(N)c1. The molecule has 4 heteroatoms. The highest BCUT2D eigenvalue weighted by atomic mass is 16.5. The molecule has 23 heavy (non-hydrogen) atoms. The third-order valence-corrected chi connectivity index (χ3v) is 3.56. The second-order valence-electron chi connectivity index (χ2n) is 6.65. The minimum atomic E-state index is -0.600. The van der Waals surface area contributed by atoms with Gasteiger partial charge in [0.05, 0.1) is 0 Å². The van der Waals surface area contributed by atoms with Gasteiger partial charge in [0.2, 0.25) is 0 Å². The Bertz CT molecular complexity index is 673. The summed E-state index contributed by atoms with van der Waals surface area (Å²) in [4.78, 5) is 12.2. The summed E-state index contributed by atoms with van der Waals surface area (Å²) in [7, 11) is 0. The predicted octanol–water partition coefficient (Wildman–Crippen LogP) is 3.97. The van der Waals surface area contributed by atoms with Gasteiger partial charge in [-0.3, -0.25) is 4.79 Å². The van der Waals surface area contributed by atoms with Gasteiger partial charge in [-0.05, 0) is 48.2 Å². The fraction of sp³-hybridized carbons (Fsp3) is 0.316. The van der Waals surface area contributed by atoms with Crippen molar-refractivity contribution in [3.63, 3.8) is 0 Å². The average Bonchev–Trinajstić information content (AvgIpc) is 2.46. The Kier molecular flexibility index (Phi) is 4.94. The second kappa shape index (κ2) is 6.73. The van der Waals surface area contributed by atoms with E-state index in [2.05, 4.69) is 26.1 Å². The molecule has 4 nitrogen and oxygen atoms in total. The van der Waals surface area contributed by atoms with Gasteiger partial charge in [-0.2, -0.15) is 0 Å². The van der Waals surface area contributed by atoms with E-state index in [-0.39, 0.29) is 11.3 Å². The number of ether oxygens (including phenoxy) is 1. The number of amides is 1. The quantitative estimate of drug-likeness (QED) is 0.840. The fourth-order valence-electron chi connectivity index (χ4n) is 2.15. The Morgan fingerprint density at radius 3 is 2.35 bits per heavy atom. The molecule has 122 valence electrons. The molecule has 0 bridgehead atoms. The molecule has 0 radical (unpaired) electrons. The maximum absolute atomic E-state index is 12.2. The standard InChI is InChI=1S/C19H24N2O2/c1-13(18(22)21-16-7-5-6-15(20)12-16)23-17-10-8-14(9-11-17)19(2,3)4/h5-13H,20H2,1-4H3,(H,21,22). The molecule has 2 aromatic carbocycles. The van der Waals surface area contributed by atoms with Crippen molar-refractivity contribution in [1.82, 2.24) is 0 Å². The monoisotopic (exact) mass is 312 g/mol. The van der Waals surface area contributed by atoms with Gasteiger partial charge in [0.15, 0.2) is 6.10 Å². The lowest BCUT2D eigenvalue weighted by Gasteiger charge is -2.20. The molecule has 0 saturated heterocycles. The zero-order chi connectivity index (χ0) is 17.0. The molecule has 0 fully saturated rings. The average molecular weight is 312 g/mol. The van der Waals surface area contributed by atoms with Crippen LogP contribution >= 0.6 is 0 Å². The number of carbonyl (C=O) groups excluding carboxylic acids is 1. The first-order valence-corrected chi connectivity index (χ1v) is 7.69. The van der Waals surface area contributed by atoms with Crippen molar-refractivity contribution in [1.29, 1.82) is 0 Å². The topological polar surface area (TPSA) is 64.3 Å². The molecule has 0 aromatic heterocycles. The Morgan fingerprint density at radius 2 is 1.78 bits per heavy atom. The van der Waals surface area contributed by atoms with Crippen LogP contribution in [0.4, 0.5) is 11.4 Å². The van der Waals surface area contributed by atoms with Crippen molar-refractivity contribution in [2.75, 3.05) is 11.1 Å². The molecule has 0 aliphatic carbocycles. The molecule has 0 saturated carbocycles. The first-order valence-electron chi connectivity index (χ1n) is 7.69. The predicted molar refractivity (Wildman–Crippen MR) is 94.7 cm³/mol. The van der Waals surface area contributed by atoms with Crippen molar-refractivity contribution in [2.45, 2.75) is 39.2 Å². The van der Waals surface area contributed by atoms with Gasteiger partial charge in [0.25, 0.3) is 5.91 Å². The molecular weight excluding hydrogens is 288 g/mol. The van der Waals surface area contributed by atoms with E-state index in [9.17, 15) is 4.79 Å². The van der Waals surface area contributed by atoms with E-state index in [1.165, 1.54) is 5.56 Å². The minimum Gasteiger partial charge on any atom is -0.481 e. The molecule has 1 amide bonds. The molecule has 0 spiro atoms. The third-order valence-electron chi connectivity index (χ3n) is 3.56. The second-order valence-corrected chi connectivity index (χ2v) is 6.65. The molecule has 2 rings (SSSR count). The van der Waals surface area contributed by atoms with E-state index in [0.717, 1.165) is 0 Å². The zero-order valence-corrected chi connectivity index (χ0v) is 14.1. The Morgan fingerprint density at radius 1 is 1.13 bits per heavy atom. The largest absolute Gasteiger partial charge is 0.481 e. The lowest BCUT2D eigenvalue weighted by molar-refractivity contribution is -0.122. The highest BCUT2D eigenvalue weighted by molar-refractivity contribution is 5.94. The van der Waals surface area contributed by atoms with E-state index >= 15 is 0 Å². The first-order chi connectivity index (χ1) is 10.8. The number of rotatable bonds is 4. The van der Waals surface area contributed by atoms with E-state index in [0.29, 0.717) is 17.1 Å². The zero-order valence-electron chi connectivity index (χ0n) is 14.1. The van der Waals surface area contributed by atoms with Crippen molar-refractivity contribution in [3.05, 3.63) is 54.1 Å². The lowest BCUT2D eigenvalue weighted by atomic mass is 9.87. The van der Waals surface area contributed by atoms with Crippen LogP contribution in [0.5, 0.6) is 5.75 Å². The van der Waals surface area contributed by atoms with Gasteiger partial charge in [0.1, 0.15) is 5.75 Å². The highest BCUT2D eigenvalue weighted by Crippen LogP contribution is 2.24. The summed E-state index contributed by atoms with van der Waals surface area (Å²) in [6.45, 7) is 8.19.